The predicted octanol–water partition coefficient (Wildman–Crippen LogP) is 2.91. The maximum atomic E-state index is 12.7. The van der Waals surface area contributed by atoms with Crippen molar-refractivity contribution in [2.24, 2.45) is 0 Å². The minimum Gasteiger partial charge on any atom is -0.497 e. The molecule has 0 radical (unpaired) electrons. The van der Waals surface area contributed by atoms with Crippen LogP contribution in [0.15, 0.2) is 48.5 Å². The number of hydrogen-bond acceptors (Lipinski definition) is 5. The van der Waals surface area contributed by atoms with Crippen molar-refractivity contribution in [3.63, 3.8) is 0 Å². The predicted molar refractivity (Wildman–Crippen MR) is 113 cm³/mol. The number of nitrogens with one attached hydrogen (secondary N) is 1. The molecule has 6 nitrogen and oxygen atoms in total. The first-order valence-electron chi connectivity index (χ1n) is 9.79. The summed E-state index contributed by atoms with van der Waals surface area (Å²) in [6, 6.07) is 15.4. The smallest absolute Gasteiger partial charge is 0.211 e. The second-order valence-corrected chi connectivity index (χ2v) is 9.29. The summed E-state index contributed by atoms with van der Waals surface area (Å²) in [4.78, 5) is 0. The van der Waals surface area contributed by atoms with Crippen LogP contribution in [0.1, 0.15) is 24.0 Å². The lowest BCUT2D eigenvalue weighted by Crippen LogP contribution is -2.45. The number of sulfonamides is 1. The molecule has 1 fully saturated rings. The molecular formula is C22H29NO5S. The van der Waals surface area contributed by atoms with E-state index in [4.69, 9.17) is 14.2 Å². The minimum absolute atomic E-state index is 0.0501. The average Bonchev–Trinajstić information content (AvgIpc) is 2.77. The third kappa shape index (κ3) is 5.72. The molecule has 0 bridgehead atoms. The summed E-state index contributed by atoms with van der Waals surface area (Å²) < 4.78 is 44.1. The van der Waals surface area contributed by atoms with Crippen LogP contribution in [0.25, 0.3) is 0 Å². The van der Waals surface area contributed by atoms with Gasteiger partial charge in [0.2, 0.25) is 10.0 Å². The van der Waals surface area contributed by atoms with E-state index in [0.717, 1.165) is 35.5 Å². The minimum atomic E-state index is -3.40. The van der Waals surface area contributed by atoms with Gasteiger partial charge in [-0.25, -0.2) is 13.1 Å². The molecule has 3 rings (SSSR count). The highest BCUT2D eigenvalue weighted by molar-refractivity contribution is 7.89. The van der Waals surface area contributed by atoms with E-state index in [1.807, 2.05) is 48.5 Å². The molecule has 29 heavy (non-hydrogen) atoms. The van der Waals surface area contributed by atoms with Crippen molar-refractivity contribution in [2.75, 3.05) is 39.7 Å². The number of rotatable bonds is 9. The van der Waals surface area contributed by atoms with Gasteiger partial charge in [-0.3, -0.25) is 0 Å². The van der Waals surface area contributed by atoms with E-state index in [-0.39, 0.29) is 11.2 Å². The zero-order valence-electron chi connectivity index (χ0n) is 17.0. The fraction of sp³-hybridized carbons (Fsp3) is 0.455. The summed E-state index contributed by atoms with van der Waals surface area (Å²) >= 11 is 0. The van der Waals surface area contributed by atoms with Gasteiger partial charge in [-0.1, -0.05) is 24.3 Å². The first kappa shape index (κ1) is 21.6. The summed E-state index contributed by atoms with van der Waals surface area (Å²) in [6.07, 6.45) is 2.01. The highest BCUT2D eigenvalue weighted by Gasteiger charge is 2.35. The molecular weight excluding hydrogens is 390 g/mol. The van der Waals surface area contributed by atoms with Gasteiger partial charge in [-0.05, 0) is 54.7 Å². The lowest BCUT2D eigenvalue weighted by Gasteiger charge is -2.38. The van der Waals surface area contributed by atoms with E-state index >= 15 is 0 Å². The van der Waals surface area contributed by atoms with Crippen LogP contribution in [0, 0.1) is 0 Å². The lowest BCUT2D eigenvalue weighted by molar-refractivity contribution is 0.0517. The van der Waals surface area contributed by atoms with Gasteiger partial charge in [0.05, 0.1) is 20.0 Å². The van der Waals surface area contributed by atoms with E-state index in [0.29, 0.717) is 26.2 Å². The van der Waals surface area contributed by atoms with Gasteiger partial charge in [0.25, 0.3) is 0 Å². The molecule has 0 atom stereocenters. The summed E-state index contributed by atoms with van der Waals surface area (Å²) in [5.74, 6) is 1.60. The van der Waals surface area contributed by atoms with E-state index < -0.39 is 10.0 Å². The first-order valence-corrected chi connectivity index (χ1v) is 11.4. The maximum Gasteiger partial charge on any atom is 0.211 e. The van der Waals surface area contributed by atoms with Crippen LogP contribution in [0.4, 0.5) is 0 Å². The van der Waals surface area contributed by atoms with Crippen LogP contribution in [-0.2, 0) is 26.6 Å². The number of benzene rings is 2. The van der Waals surface area contributed by atoms with Crippen LogP contribution in [-0.4, -0.2) is 48.1 Å². The molecule has 0 aliphatic carbocycles. The number of aryl methyl sites for hydroxylation is 1. The topological polar surface area (TPSA) is 73.9 Å². The number of ether oxygens (including phenoxy) is 3. The molecule has 0 aromatic heterocycles. The Morgan fingerprint density at radius 2 is 1.48 bits per heavy atom. The van der Waals surface area contributed by atoms with Crippen molar-refractivity contribution >= 4 is 10.0 Å². The van der Waals surface area contributed by atoms with E-state index in [1.165, 1.54) is 0 Å². The third-order valence-corrected chi connectivity index (χ3v) is 6.93. The molecule has 2 aromatic carbocycles. The molecule has 7 heteroatoms. The van der Waals surface area contributed by atoms with Crippen molar-refractivity contribution in [1.82, 2.24) is 4.72 Å². The van der Waals surface area contributed by atoms with Crippen molar-refractivity contribution in [3.05, 3.63) is 59.7 Å². The van der Waals surface area contributed by atoms with Gasteiger partial charge in [-0.2, -0.15) is 0 Å². The zero-order chi connectivity index (χ0) is 20.7. The summed E-state index contributed by atoms with van der Waals surface area (Å²) in [6.45, 7) is 1.62. The lowest BCUT2D eigenvalue weighted by atomic mass is 9.74. The van der Waals surface area contributed by atoms with E-state index in [2.05, 4.69) is 4.72 Å². The Bertz CT molecular complexity index is 872. The van der Waals surface area contributed by atoms with Crippen molar-refractivity contribution in [2.45, 2.75) is 24.7 Å². The van der Waals surface area contributed by atoms with Crippen LogP contribution < -0.4 is 14.2 Å². The largest absolute Gasteiger partial charge is 0.497 e. The molecule has 1 saturated heterocycles. The van der Waals surface area contributed by atoms with E-state index in [9.17, 15) is 8.42 Å². The molecule has 158 valence electrons. The quantitative estimate of drug-likeness (QED) is 0.677. The molecule has 0 unspecified atom stereocenters. The van der Waals surface area contributed by atoms with Crippen LogP contribution >= 0.6 is 0 Å². The Morgan fingerprint density at radius 3 is 2.03 bits per heavy atom. The van der Waals surface area contributed by atoms with Gasteiger partial charge < -0.3 is 14.2 Å². The van der Waals surface area contributed by atoms with Crippen molar-refractivity contribution in [3.8, 4) is 11.5 Å². The van der Waals surface area contributed by atoms with Gasteiger partial charge in [-0.15, -0.1) is 0 Å². The average molecular weight is 420 g/mol. The SMILES string of the molecule is COc1ccc(CCS(=O)(=O)NCC2(c3ccc(OC)cc3)CCOCC2)cc1. The number of hydrogen-bond donors (Lipinski definition) is 1. The Morgan fingerprint density at radius 1 is 0.931 bits per heavy atom. The van der Waals surface area contributed by atoms with Gasteiger partial charge in [0, 0.05) is 25.2 Å². The van der Waals surface area contributed by atoms with E-state index in [1.54, 1.807) is 14.2 Å². The zero-order valence-corrected chi connectivity index (χ0v) is 17.8. The first-order chi connectivity index (χ1) is 14.0. The molecule has 1 aliphatic heterocycles. The molecule has 1 heterocycles. The molecule has 2 aromatic rings. The second kappa shape index (κ2) is 9.61. The number of methoxy groups -OCH3 is 2. The molecule has 0 saturated carbocycles. The fourth-order valence-electron chi connectivity index (χ4n) is 3.64. The Labute approximate surface area is 173 Å². The Hall–Kier alpha value is -2.09. The molecule has 1 N–H and O–H groups in total. The van der Waals surface area contributed by atoms with Crippen molar-refractivity contribution in [1.29, 1.82) is 0 Å². The monoisotopic (exact) mass is 419 g/mol. The van der Waals surface area contributed by atoms with Crippen LogP contribution in [0.5, 0.6) is 11.5 Å². The highest BCUT2D eigenvalue weighted by Crippen LogP contribution is 2.35. The fourth-order valence-corrected chi connectivity index (χ4v) is 4.78. The summed E-state index contributed by atoms with van der Waals surface area (Å²) in [7, 11) is -0.156. The highest BCUT2D eigenvalue weighted by atomic mass is 32.2. The van der Waals surface area contributed by atoms with Crippen LogP contribution in [0.3, 0.4) is 0 Å². The summed E-state index contributed by atoms with van der Waals surface area (Å²) in [5, 5.41) is 0. The summed E-state index contributed by atoms with van der Waals surface area (Å²) in [5.41, 5.74) is 1.81. The van der Waals surface area contributed by atoms with Gasteiger partial charge in [0.15, 0.2) is 0 Å². The standard InChI is InChI=1S/C22H29NO5S/c1-26-20-7-3-18(4-8-20)11-16-29(24,25)23-17-22(12-14-28-15-13-22)19-5-9-21(27-2)10-6-19/h3-10,23H,11-17H2,1-2H3. The Balaban J connectivity index is 1.65. The van der Waals surface area contributed by atoms with Gasteiger partial charge in [0.1, 0.15) is 11.5 Å². The maximum absolute atomic E-state index is 12.7. The molecule has 1 aliphatic rings. The van der Waals surface area contributed by atoms with Crippen molar-refractivity contribution < 1.29 is 22.6 Å². The molecule has 0 spiro atoms. The van der Waals surface area contributed by atoms with Crippen LogP contribution in [0.2, 0.25) is 0 Å². The third-order valence-electron chi connectivity index (χ3n) is 5.60. The molecule has 0 amide bonds. The second-order valence-electron chi connectivity index (χ2n) is 7.36. The van der Waals surface area contributed by atoms with Gasteiger partial charge >= 0.3 is 0 Å². The Kier molecular flexibility index (Phi) is 7.16. The normalized spacial score (nSPS) is 16.3.